The van der Waals surface area contributed by atoms with Crippen molar-refractivity contribution in [1.29, 1.82) is 5.26 Å². The summed E-state index contributed by atoms with van der Waals surface area (Å²) in [5.74, 6) is 0.254. The first-order valence-corrected chi connectivity index (χ1v) is 5.20. The Morgan fingerprint density at radius 1 is 1.35 bits per heavy atom. The lowest BCUT2D eigenvalue weighted by atomic mass is 10.2. The smallest absolute Gasteiger partial charge is 0.384 e. The molecule has 0 aliphatic heterocycles. The number of nitrogen functional groups attached to an aromatic ring is 1. The highest BCUT2D eigenvalue weighted by Gasteiger charge is 2.26. The number of rotatable bonds is 3. The predicted octanol–water partition coefficient (Wildman–Crippen LogP) is 2.90. The van der Waals surface area contributed by atoms with Gasteiger partial charge in [0.05, 0.1) is 5.56 Å². The Labute approximate surface area is 97.6 Å². The Morgan fingerprint density at radius 2 is 1.94 bits per heavy atom. The monoisotopic (exact) mass is 245 g/mol. The molecule has 3 nitrogen and oxygen atoms in total. The molecule has 0 saturated carbocycles. The zero-order valence-corrected chi connectivity index (χ0v) is 9.73. The number of alkyl halides is 3. The highest BCUT2D eigenvalue weighted by molar-refractivity contribution is 5.57. The molecule has 0 fully saturated rings. The fourth-order valence-corrected chi connectivity index (χ4v) is 1.76. The first-order chi connectivity index (χ1) is 7.78. The second-order valence-corrected chi connectivity index (χ2v) is 3.95. The lowest BCUT2D eigenvalue weighted by Gasteiger charge is -2.10. The maximum atomic E-state index is 12.0. The third-order valence-corrected chi connectivity index (χ3v) is 2.82. The Kier molecular flexibility index (Phi) is 3.71. The molecular formula is C11H14F3N3. The van der Waals surface area contributed by atoms with Crippen LogP contribution in [-0.4, -0.2) is 10.7 Å². The minimum atomic E-state index is -4.15. The topological polar surface area (TPSA) is 54.7 Å². The Balaban J connectivity index is 2.83. The van der Waals surface area contributed by atoms with E-state index in [1.165, 1.54) is 0 Å². The molecule has 0 aromatic carbocycles. The highest BCUT2D eigenvalue weighted by Crippen LogP contribution is 2.26. The van der Waals surface area contributed by atoms with E-state index >= 15 is 0 Å². The average molecular weight is 245 g/mol. The minimum Gasteiger partial charge on any atom is -0.384 e. The molecule has 0 aliphatic carbocycles. The van der Waals surface area contributed by atoms with Crippen LogP contribution in [0.25, 0.3) is 0 Å². The SMILES string of the molecule is Cc1c(C#N)c(N)n(CCCC(F)(F)F)c1C. The van der Waals surface area contributed by atoms with E-state index in [1.54, 1.807) is 18.4 Å². The number of nitrogens with zero attached hydrogens (tertiary/aromatic N) is 2. The van der Waals surface area contributed by atoms with Crippen molar-refractivity contribution in [2.75, 3.05) is 5.73 Å². The van der Waals surface area contributed by atoms with Gasteiger partial charge in [-0.25, -0.2) is 0 Å². The van der Waals surface area contributed by atoms with Crippen molar-refractivity contribution in [1.82, 2.24) is 4.57 Å². The zero-order valence-electron chi connectivity index (χ0n) is 9.73. The van der Waals surface area contributed by atoms with Crippen LogP contribution in [0.15, 0.2) is 0 Å². The Morgan fingerprint density at radius 3 is 2.35 bits per heavy atom. The molecule has 0 amide bonds. The van der Waals surface area contributed by atoms with E-state index in [0.29, 0.717) is 5.56 Å². The largest absolute Gasteiger partial charge is 0.389 e. The van der Waals surface area contributed by atoms with Crippen LogP contribution in [0, 0.1) is 25.2 Å². The number of aromatic nitrogens is 1. The molecule has 6 heteroatoms. The van der Waals surface area contributed by atoms with Gasteiger partial charge in [-0.2, -0.15) is 18.4 Å². The minimum absolute atomic E-state index is 0.0342. The third-order valence-electron chi connectivity index (χ3n) is 2.82. The van der Waals surface area contributed by atoms with Gasteiger partial charge >= 0.3 is 6.18 Å². The van der Waals surface area contributed by atoms with Crippen molar-refractivity contribution in [3.8, 4) is 6.07 Å². The van der Waals surface area contributed by atoms with E-state index in [-0.39, 0.29) is 18.8 Å². The molecule has 0 saturated heterocycles. The second kappa shape index (κ2) is 4.70. The van der Waals surface area contributed by atoms with E-state index in [1.807, 2.05) is 6.07 Å². The second-order valence-electron chi connectivity index (χ2n) is 3.95. The van der Waals surface area contributed by atoms with E-state index in [4.69, 9.17) is 11.0 Å². The quantitative estimate of drug-likeness (QED) is 0.890. The molecule has 1 aromatic rings. The highest BCUT2D eigenvalue weighted by atomic mass is 19.4. The van der Waals surface area contributed by atoms with Gasteiger partial charge in [0, 0.05) is 18.7 Å². The van der Waals surface area contributed by atoms with Gasteiger partial charge < -0.3 is 10.3 Å². The van der Waals surface area contributed by atoms with Crippen LogP contribution in [0.1, 0.15) is 29.7 Å². The van der Waals surface area contributed by atoms with Crippen LogP contribution < -0.4 is 5.73 Å². The van der Waals surface area contributed by atoms with Crippen molar-refractivity contribution in [3.05, 3.63) is 16.8 Å². The van der Waals surface area contributed by atoms with Crippen LogP contribution in [0.5, 0.6) is 0 Å². The number of anilines is 1. The van der Waals surface area contributed by atoms with Gasteiger partial charge in [-0.05, 0) is 25.8 Å². The van der Waals surface area contributed by atoms with Crippen molar-refractivity contribution in [2.45, 2.75) is 39.4 Å². The summed E-state index contributed by atoms with van der Waals surface area (Å²) in [6.07, 6.45) is -5.03. The summed E-state index contributed by atoms with van der Waals surface area (Å²) in [6, 6.07) is 1.96. The van der Waals surface area contributed by atoms with Gasteiger partial charge in [0.25, 0.3) is 0 Å². The third kappa shape index (κ3) is 2.93. The van der Waals surface area contributed by atoms with Crippen LogP contribution in [0.2, 0.25) is 0 Å². The molecule has 0 bridgehead atoms. The number of nitrogens with two attached hydrogens (primary N) is 1. The summed E-state index contributed by atoms with van der Waals surface area (Å²) in [5, 5.41) is 8.87. The van der Waals surface area contributed by atoms with Gasteiger partial charge in [0.2, 0.25) is 0 Å². The number of hydrogen-bond donors (Lipinski definition) is 1. The summed E-state index contributed by atoms with van der Waals surface area (Å²) in [7, 11) is 0. The predicted molar refractivity (Wildman–Crippen MR) is 58.3 cm³/mol. The molecule has 94 valence electrons. The van der Waals surface area contributed by atoms with Gasteiger partial charge in [0.15, 0.2) is 0 Å². The van der Waals surface area contributed by atoms with Crippen molar-refractivity contribution in [2.24, 2.45) is 0 Å². The lowest BCUT2D eigenvalue weighted by molar-refractivity contribution is -0.135. The van der Waals surface area contributed by atoms with Crippen LogP contribution in [-0.2, 0) is 6.54 Å². The molecule has 0 atom stereocenters. The molecule has 1 heterocycles. The first-order valence-electron chi connectivity index (χ1n) is 5.20. The molecule has 2 N–H and O–H groups in total. The summed E-state index contributed by atoms with van der Waals surface area (Å²) in [4.78, 5) is 0. The van der Waals surface area contributed by atoms with E-state index in [2.05, 4.69) is 0 Å². The van der Waals surface area contributed by atoms with E-state index < -0.39 is 12.6 Å². The average Bonchev–Trinajstić information content (AvgIpc) is 2.40. The lowest BCUT2D eigenvalue weighted by Crippen LogP contribution is -2.11. The molecule has 17 heavy (non-hydrogen) atoms. The fraction of sp³-hybridized carbons (Fsp3) is 0.545. The Hall–Kier alpha value is -1.64. The van der Waals surface area contributed by atoms with Gasteiger partial charge in [-0.1, -0.05) is 0 Å². The number of nitriles is 1. The van der Waals surface area contributed by atoms with E-state index in [0.717, 1.165) is 11.3 Å². The molecule has 0 spiro atoms. The number of halogens is 3. The van der Waals surface area contributed by atoms with Crippen LogP contribution in [0.4, 0.5) is 19.0 Å². The van der Waals surface area contributed by atoms with E-state index in [9.17, 15) is 13.2 Å². The zero-order chi connectivity index (χ0) is 13.2. The standard InChI is InChI=1S/C11H14F3N3/c1-7-8(2)17(10(16)9(7)6-15)5-3-4-11(12,13)14/h3-5,16H2,1-2H3. The van der Waals surface area contributed by atoms with Gasteiger partial charge in [-0.15, -0.1) is 0 Å². The molecule has 0 aliphatic rings. The Bertz CT molecular complexity index is 452. The van der Waals surface area contributed by atoms with Crippen molar-refractivity contribution in [3.63, 3.8) is 0 Å². The fourth-order valence-electron chi connectivity index (χ4n) is 1.76. The molecule has 0 unspecified atom stereocenters. The maximum absolute atomic E-state index is 12.0. The first kappa shape index (κ1) is 13.4. The molecule has 1 rings (SSSR count). The van der Waals surface area contributed by atoms with Crippen LogP contribution in [0.3, 0.4) is 0 Å². The normalized spacial score (nSPS) is 11.5. The van der Waals surface area contributed by atoms with Gasteiger partial charge in [-0.3, -0.25) is 0 Å². The van der Waals surface area contributed by atoms with Crippen molar-refractivity contribution >= 4 is 5.82 Å². The maximum Gasteiger partial charge on any atom is 0.389 e. The number of hydrogen-bond acceptors (Lipinski definition) is 2. The summed E-state index contributed by atoms with van der Waals surface area (Å²) in [5.41, 5.74) is 7.57. The van der Waals surface area contributed by atoms with Crippen LogP contribution >= 0.6 is 0 Å². The summed E-state index contributed by atoms with van der Waals surface area (Å²) >= 11 is 0. The summed E-state index contributed by atoms with van der Waals surface area (Å²) in [6.45, 7) is 3.67. The molecule has 1 aromatic heterocycles. The van der Waals surface area contributed by atoms with Gasteiger partial charge in [0.1, 0.15) is 11.9 Å². The molecule has 0 radical (unpaired) electrons. The summed E-state index contributed by atoms with van der Waals surface area (Å²) < 4.78 is 37.6. The van der Waals surface area contributed by atoms with Crippen molar-refractivity contribution < 1.29 is 13.2 Å². The molecular weight excluding hydrogens is 231 g/mol.